The van der Waals surface area contributed by atoms with Crippen LogP contribution in [-0.2, 0) is 15.1 Å². The molecule has 3 aromatic rings. The van der Waals surface area contributed by atoms with E-state index >= 15 is 0 Å². The third kappa shape index (κ3) is 3.76. The van der Waals surface area contributed by atoms with Gasteiger partial charge in [0.2, 0.25) is 11.8 Å². The Morgan fingerprint density at radius 2 is 1.91 bits per heavy atom. The fourth-order valence-electron chi connectivity index (χ4n) is 3.34. The number of tetrazole rings is 1. The predicted molar refractivity (Wildman–Crippen MR) is 110 cm³/mol. The number of hydrogen-bond acceptors (Lipinski definition) is 7. The number of nitrogens with zero attached hydrogens (tertiary/aromatic N) is 5. The predicted octanol–water partition coefficient (Wildman–Crippen LogP) is 0.167. The van der Waals surface area contributed by atoms with Crippen molar-refractivity contribution in [3.05, 3.63) is 66.0 Å². The molecule has 162 valence electrons. The van der Waals surface area contributed by atoms with Crippen molar-refractivity contribution in [1.82, 2.24) is 30.4 Å². The lowest BCUT2D eigenvalue weighted by molar-refractivity contribution is -0.133. The number of benzene rings is 2. The van der Waals surface area contributed by atoms with Gasteiger partial charge in [-0.25, -0.2) is 9.48 Å². The second kappa shape index (κ2) is 7.91. The summed E-state index contributed by atoms with van der Waals surface area (Å²) in [7, 11) is 0. The number of carbonyl (C=O) groups excluding carboxylic acids is 4. The molecule has 1 saturated heterocycles. The molecule has 32 heavy (non-hydrogen) atoms. The van der Waals surface area contributed by atoms with Gasteiger partial charge in [-0.3, -0.25) is 19.3 Å². The molecule has 1 aliphatic rings. The molecular formula is C20H18N8O4. The SMILES string of the molecule is C[C@@]1(c2cccc(-n3cnnn3)c2)NC(=O)N(CC(=O)Nc2ccc(C(N)=O)cc2)C1=O. The van der Waals surface area contributed by atoms with E-state index in [2.05, 4.69) is 26.2 Å². The van der Waals surface area contributed by atoms with Gasteiger partial charge in [-0.1, -0.05) is 12.1 Å². The second-order valence-corrected chi connectivity index (χ2v) is 7.24. The number of nitrogens with one attached hydrogen (secondary N) is 2. The van der Waals surface area contributed by atoms with Crippen molar-refractivity contribution >= 4 is 29.4 Å². The molecule has 0 aliphatic carbocycles. The van der Waals surface area contributed by atoms with Crippen LogP contribution >= 0.6 is 0 Å². The number of nitrogens with two attached hydrogens (primary N) is 1. The zero-order chi connectivity index (χ0) is 22.9. The van der Waals surface area contributed by atoms with Gasteiger partial charge in [-0.2, -0.15) is 0 Å². The molecule has 2 aromatic carbocycles. The Morgan fingerprint density at radius 3 is 2.56 bits per heavy atom. The van der Waals surface area contributed by atoms with Crippen LogP contribution in [0, 0.1) is 0 Å². The normalized spacial score (nSPS) is 17.8. The van der Waals surface area contributed by atoms with Crippen molar-refractivity contribution in [2.75, 3.05) is 11.9 Å². The van der Waals surface area contributed by atoms with E-state index in [1.165, 1.54) is 35.3 Å². The van der Waals surface area contributed by atoms with Crippen LogP contribution in [0.2, 0.25) is 0 Å². The van der Waals surface area contributed by atoms with E-state index in [0.29, 0.717) is 16.9 Å². The van der Waals surface area contributed by atoms with Crippen molar-refractivity contribution in [2.24, 2.45) is 5.73 Å². The van der Waals surface area contributed by atoms with Gasteiger partial charge in [0.05, 0.1) is 5.69 Å². The number of primary amides is 1. The van der Waals surface area contributed by atoms with Crippen LogP contribution in [0.1, 0.15) is 22.8 Å². The molecule has 0 spiro atoms. The minimum Gasteiger partial charge on any atom is -0.366 e. The van der Waals surface area contributed by atoms with Crippen LogP contribution in [0.4, 0.5) is 10.5 Å². The number of aromatic nitrogens is 4. The Hall–Kier alpha value is -4.61. The standard InChI is InChI=1S/C20H18N8O4/c1-20(13-3-2-4-15(9-13)28-11-22-25-26-28)18(31)27(19(32)24-20)10-16(29)23-14-7-5-12(6-8-14)17(21)30/h2-9,11H,10H2,1H3,(H2,21,30)(H,23,29)(H,24,32)/t20-/m0/s1. The number of urea groups is 1. The first kappa shape index (κ1) is 20.7. The van der Waals surface area contributed by atoms with E-state index in [4.69, 9.17) is 5.73 Å². The molecule has 1 fully saturated rings. The molecule has 0 saturated carbocycles. The summed E-state index contributed by atoms with van der Waals surface area (Å²) in [5, 5.41) is 16.2. The Bertz CT molecular complexity index is 1210. The highest BCUT2D eigenvalue weighted by Crippen LogP contribution is 2.30. The number of hydrogen-bond donors (Lipinski definition) is 3. The second-order valence-electron chi connectivity index (χ2n) is 7.24. The topological polar surface area (TPSA) is 165 Å². The fraction of sp³-hybridized carbons (Fsp3) is 0.150. The Kier molecular flexibility index (Phi) is 5.10. The average Bonchev–Trinajstić information content (AvgIpc) is 3.38. The smallest absolute Gasteiger partial charge is 0.325 e. The molecule has 4 N–H and O–H groups in total. The summed E-state index contributed by atoms with van der Waals surface area (Å²) >= 11 is 0. The minimum atomic E-state index is -1.37. The number of amides is 5. The molecule has 1 aliphatic heterocycles. The quantitative estimate of drug-likeness (QED) is 0.465. The van der Waals surface area contributed by atoms with E-state index in [1.54, 1.807) is 31.2 Å². The van der Waals surface area contributed by atoms with Gasteiger partial charge in [0.15, 0.2) is 0 Å². The lowest BCUT2D eigenvalue weighted by atomic mass is 9.91. The van der Waals surface area contributed by atoms with Crippen molar-refractivity contribution < 1.29 is 19.2 Å². The van der Waals surface area contributed by atoms with Crippen molar-refractivity contribution in [3.63, 3.8) is 0 Å². The zero-order valence-electron chi connectivity index (χ0n) is 16.8. The van der Waals surface area contributed by atoms with Crippen LogP contribution < -0.4 is 16.4 Å². The third-order valence-corrected chi connectivity index (χ3v) is 5.07. The van der Waals surface area contributed by atoms with Gasteiger partial charge in [-0.15, -0.1) is 5.10 Å². The van der Waals surface area contributed by atoms with Crippen molar-refractivity contribution in [2.45, 2.75) is 12.5 Å². The van der Waals surface area contributed by atoms with E-state index in [1.807, 2.05) is 0 Å². The van der Waals surface area contributed by atoms with Gasteiger partial charge in [-0.05, 0) is 59.3 Å². The summed E-state index contributed by atoms with van der Waals surface area (Å²) in [5.41, 5.74) is 5.61. The largest absolute Gasteiger partial charge is 0.366 e. The summed E-state index contributed by atoms with van der Waals surface area (Å²) in [4.78, 5) is 50.0. The molecule has 1 aromatic heterocycles. The van der Waals surface area contributed by atoms with Crippen molar-refractivity contribution in [3.8, 4) is 5.69 Å². The van der Waals surface area contributed by atoms with Crippen LogP contribution in [0.5, 0.6) is 0 Å². The first-order valence-electron chi connectivity index (χ1n) is 9.45. The highest BCUT2D eigenvalue weighted by atomic mass is 16.2. The van der Waals surface area contributed by atoms with Gasteiger partial charge < -0.3 is 16.4 Å². The van der Waals surface area contributed by atoms with E-state index < -0.39 is 35.8 Å². The Morgan fingerprint density at radius 1 is 1.16 bits per heavy atom. The molecule has 0 unspecified atom stereocenters. The number of imide groups is 1. The Balaban J connectivity index is 1.49. The lowest BCUT2D eigenvalue weighted by Gasteiger charge is -2.22. The summed E-state index contributed by atoms with van der Waals surface area (Å²) in [5.74, 6) is -1.74. The maximum Gasteiger partial charge on any atom is 0.325 e. The first-order valence-corrected chi connectivity index (χ1v) is 9.45. The molecule has 0 bridgehead atoms. The van der Waals surface area contributed by atoms with Gasteiger partial charge in [0, 0.05) is 11.3 Å². The third-order valence-electron chi connectivity index (χ3n) is 5.07. The molecule has 0 radical (unpaired) electrons. The van der Waals surface area contributed by atoms with Gasteiger partial charge in [0.25, 0.3) is 5.91 Å². The lowest BCUT2D eigenvalue weighted by Crippen LogP contribution is -2.42. The summed E-state index contributed by atoms with van der Waals surface area (Å²) < 4.78 is 1.42. The molecule has 12 heteroatoms. The molecule has 5 amide bonds. The minimum absolute atomic E-state index is 0.289. The van der Waals surface area contributed by atoms with Gasteiger partial charge >= 0.3 is 6.03 Å². The number of anilines is 1. The fourth-order valence-corrected chi connectivity index (χ4v) is 3.34. The Labute approximate surface area is 181 Å². The molecule has 1 atom stereocenters. The summed E-state index contributed by atoms with van der Waals surface area (Å²) in [6.45, 7) is 1.08. The van der Waals surface area contributed by atoms with Gasteiger partial charge in [0.1, 0.15) is 18.4 Å². The van der Waals surface area contributed by atoms with Crippen LogP contribution in [0.3, 0.4) is 0 Å². The maximum atomic E-state index is 13.1. The summed E-state index contributed by atoms with van der Waals surface area (Å²) in [6, 6.07) is 12.1. The number of carbonyl (C=O) groups is 4. The molecular weight excluding hydrogens is 416 g/mol. The zero-order valence-corrected chi connectivity index (χ0v) is 16.8. The highest BCUT2D eigenvalue weighted by Gasteiger charge is 2.49. The van der Waals surface area contributed by atoms with Crippen LogP contribution in [-0.4, -0.2) is 55.4 Å². The van der Waals surface area contributed by atoms with E-state index in [0.717, 1.165) is 4.90 Å². The summed E-state index contributed by atoms with van der Waals surface area (Å²) in [6.07, 6.45) is 1.41. The average molecular weight is 434 g/mol. The van der Waals surface area contributed by atoms with Crippen LogP contribution in [0.25, 0.3) is 5.69 Å². The maximum absolute atomic E-state index is 13.1. The first-order chi connectivity index (χ1) is 15.3. The monoisotopic (exact) mass is 434 g/mol. The van der Waals surface area contributed by atoms with E-state index in [9.17, 15) is 19.2 Å². The molecule has 4 rings (SSSR count). The van der Waals surface area contributed by atoms with Crippen LogP contribution in [0.15, 0.2) is 54.9 Å². The molecule has 12 nitrogen and oxygen atoms in total. The molecule has 2 heterocycles. The van der Waals surface area contributed by atoms with Crippen molar-refractivity contribution in [1.29, 1.82) is 0 Å². The highest BCUT2D eigenvalue weighted by molar-refractivity contribution is 6.10. The van der Waals surface area contributed by atoms with E-state index in [-0.39, 0.29) is 5.56 Å². The number of rotatable bonds is 6.